The molecule has 13 heavy (non-hydrogen) atoms. The van der Waals surface area contributed by atoms with Crippen molar-refractivity contribution < 1.29 is 10.2 Å². The number of aliphatic hydroxyl groups excluding tert-OH is 1. The first-order chi connectivity index (χ1) is 5.89. The highest BCUT2D eigenvalue weighted by Gasteiger charge is 2.69. The van der Waals surface area contributed by atoms with E-state index in [0.29, 0.717) is 5.92 Å². The van der Waals surface area contributed by atoms with Crippen LogP contribution in [-0.4, -0.2) is 21.9 Å². The Balaban J connectivity index is 2.17. The molecule has 0 heterocycles. The van der Waals surface area contributed by atoms with Crippen molar-refractivity contribution in [2.45, 2.75) is 44.8 Å². The van der Waals surface area contributed by atoms with Crippen LogP contribution in [0.1, 0.15) is 33.1 Å². The molecular formula is C11H18O2. The van der Waals surface area contributed by atoms with Crippen LogP contribution >= 0.6 is 0 Å². The molecule has 2 rings (SSSR count). The maximum Gasteiger partial charge on any atom is 0.0739 e. The Morgan fingerprint density at radius 1 is 1.54 bits per heavy atom. The second-order valence-electron chi connectivity index (χ2n) is 5.12. The van der Waals surface area contributed by atoms with E-state index in [-0.39, 0.29) is 11.5 Å². The molecule has 4 atom stereocenters. The van der Waals surface area contributed by atoms with Gasteiger partial charge in [0.1, 0.15) is 0 Å². The fraction of sp³-hybridized carbons (Fsp3) is 0.818. The van der Waals surface area contributed by atoms with Crippen molar-refractivity contribution in [3.63, 3.8) is 0 Å². The standard InChI is InChI=1S/C11H18O2/c1-7(2)8-4-9(12)10(3)6-11(10,13)5-8/h8-9,12-13H,1,4-6H2,2-3H3/t8-,9+,10+,11+/m1/s1. The molecule has 2 N–H and O–H groups in total. The second-order valence-corrected chi connectivity index (χ2v) is 5.12. The molecule has 0 bridgehead atoms. The van der Waals surface area contributed by atoms with Gasteiger partial charge in [-0.05, 0) is 32.1 Å². The third-order valence-corrected chi connectivity index (χ3v) is 4.12. The summed E-state index contributed by atoms with van der Waals surface area (Å²) in [7, 11) is 0. The number of rotatable bonds is 1. The van der Waals surface area contributed by atoms with Crippen LogP contribution in [-0.2, 0) is 0 Å². The highest BCUT2D eigenvalue weighted by Crippen LogP contribution is 2.65. The Bertz CT molecular complexity index is 261. The minimum Gasteiger partial charge on any atom is -0.392 e. The molecule has 0 aromatic rings. The van der Waals surface area contributed by atoms with Gasteiger partial charge in [0.2, 0.25) is 0 Å². The molecule has 0 aromatic carbocycles. The summed E-state index contributed by atoms with van der Waals surface area (Å²) in [6.07, 6.45) is 1.96. The van der Waals surface area contributed by atoms with Gasteiger partial charge in [-0.3, -0.25) is 0 Å². The Morgan fingerprint density at radius 3 is 2.62 bits per heavy atom. The SMILES string of the molecule is C=C(C)[C@@H]1C[C@H](O)[C@]2(C)C[C@@]2(O)C1. The molecule has 2 saturated carbocycles. The molecule has 0 saturated heterocycles. The van der Waals surface area contributed by atoms with E-state index in [1.807, 2.05) is 13.8 Å². The largest absolute Gasteiger partial charge is 0.392 e. The number of fused-ring (bicyclic) bond motifs is 1. The van der Waals surface area contributed by atoms with Crippen LogP contribution in [0.2, 0.25) is 0 Å². The summed E-state index contributed by atoms with van der Waals surface area (Å²) in [6, 6.07) is 0. The van der Waals surface area contributed by atoms with Gasteiger partial charge in [0.25, 0.3) is 0 Å². The van der Waals surface area contributed by atoms with Crippen molar-refractivity contribution in [3.8, 4) is 0 Å². The zero-order valence-electron chi connectivity index (χ0n) is 8.38. The lowest BCUT2D eigenvalue weighted by Gasteiger charge is -2.34. The van der Waals surface area contributed by atoms with Gasteiger partial charge in [-0.25, -0.2) is 0 Å². The van der Waals surface area contributed by atoms with E-state index >= 15 is 0 Å². The van der Waals surface area contributed by atoms with Crippen LogP contribution in [0.3, 0.4) is 0 Å². The third-order valence-electron chi connectivity index (χ3n) is 4.12. The monoisotopic (exact) mass is 182 g/mol. The summed E-state index contributed by atoms with van der Waals surface area (Å²) in [6.45, 7) is 7.85. The zero-order valence-corrected chi connectivity index (χ0v) is 8.38. The number of hydrogen-bond donors (Lipinski definition) is 2. The van der Waals surface area contributed by atoms with E-state index < -0.39 is 5.60 Å². The van der Waals surface area contributed by atoms with E-state index in [9.17, 15) is 10.2 Å². The lowest BCUT2D eigenvalue weighted by Crippen LogP contribution is -2.38. The van der Waals surface area contributed by atoms with E-state index in [1.54, 1.807) is 0 Å². The van der Waals surface area contributed by atoms with E-state index in [0.717, 1.165) is 24.8 Å². The van der Waals surface area contributed by atoms with E-state index in [2.05, 4.69) is 6.58 Å². The van der Waals surface area contributed by atoms with Gasteiger partial charge in [0.15, 0.2) is 0 Å². The zero-order chi connectivity index (χ0) is 9.85. The summed E-state index contributed by atoms with van der Waals surface area (Å²) < 4.78 is 0. The summed E-state index contributed by atoms with van der Waals surface area (Å²) in [5.41, 5.74) is 0.258. The van der Waals surface area contributed by atoms with Crippen molar-refractivity contribution in [2.75, 3.05) is 0 Å². The van der Waals surface area contributed by atoms with Gasteiger partial charge in [-0.15, -0.1) is 0 Å². The van der Waals surface area contributed by atoms with Gasteiger partial charge >= 0.3 is 0 Å². The molecule has 0 aliphatic heterocycles. The van der Waals surface area contributed by atoms with Crippen LogP contribution in [0.4, 0.5) is 0 Å². The molecule has 74 valence electrons. The minimum absolute atomic E-state index is 0.223. The van der Waals surface area contributed by atoms with Crippen molar-refractivity contribution >= 4 is 0 Å². The second kappa shape index (κ2) is 2.37. The topological polar surface area (TPSA) is 40.5 Å². The summed E-state index contributed by atoms with van der Waals surface area (Å²) in [4.78, 5) is 0. The Kier molecular flexibility index (Phi) is 1.68. The maximum atomic E-state index is 10.1. The Morgan fingerprint density at radius 2 is 2.15 bits per heavy atom. The van der Waals surface area contributed by atoms with Crippen LogP contribution in [0.25, 0.3) is 0 Å². The fourth-order valence-electron chi connectivity index (χ4n) is 2.69. The van der Waals surface area contributed by atoms with Crippen LogP contribution in [0, 0.1) is 11.3 Å². The van der Waals surface area contributed by atoms with Gasteiger partial charge in [0.05, 0.1) is 11.7 Å². The average Bonchev–Trinajstić information content (AvgIpc) is 2.55. The molecule has 0 spiro atoms. The smallest absolute Gasteiger partial charge is 0.0739 e. The summed E-state index contributed by atoms with van der Waals surface area (Å²) in [5.74, 6) is 0.301. The molecular weight excluding hydrogens is 164 g/mol. The van der Waals surface area contributed by atoms with Crippen molar-refractivity contribution in [1.29, 1.82) is 0 Å². The number of allylic oxidation sites excluding steroid dienone is 1. The third kappa shape index (κ3) is 1.09. The number of hydrogen-bond acceptors (Lipinski definition) is 2. The molecule has 0 amide bonds. The molecule has 2 heteroatoms. The predicted octanol–water partition coefficient (Wildman–Crippen LogP) is 1.47. The first-order valence-electron chi connectivity index (χ1n) is 4.95. The van der Waals surface area contributed by atoms with Gasteiger partial charge in [0, 0.05) is 5.41 Å². The molecule has 0 aromatic heterocycles. The van der Waals surface area contributed by atoms with E-state index in [1.165, 1.54) is 0 Å². The van der Waals surface area contributed by atoms with Gasteiger partial charge in [-0.2, -0.15) is 0 Å². The van der Waals surface area contributed by atoms with Crippen molar-refractivity contribution in [3.05, 3.63) is 12.2 Å². The highest BCUT2D eigenvalue weighted by atomic mass is 16.3. The van der Waals surface area contributed by atoms with Crippen LogP contribution in [0.5, 0.6) is 0 Å². The molecule has 2 fully saturated rings. The van der Waals surface area contributed by atoms with Gasteiger partial charge in [-0.1, -0.05) is 19.1 Å². The lowest BCUT2D eigenvalue weighted by molar-refractivity contribution is -0.0301. The fourth-order valence-corrected chi connectivity index (χ4v) is 2.69. The molecule has 2 nitrogen and oxygen atoms in total. The normalized spacial score (nSPS) is 54.2. The summed E-state index contributed by atoms with van der Waals surface area (Å²) >= 11 is 0. The summed E-state index contributed by atoms with van der Waals surface area (Å²) in [5, 5.41) is 20.0. The quantitative estimate of drug-likeness (QED) is 0.603. The van der Waals surface area contributed by atoms with Crippen LogP contribution in [0.15, 0.2) is 12.2 Å². The molecule has 0 radical (unpaired) electrons. The van der Waals surface area contributed by atoms with Crippen molar-refractivity contribution in [2.24, 2.45) is 11.3 Å². The predicted molar refractivity (Wildman–Crippen MR) is 51.2 cm³/mol. The minimum atomic E-state index is -0.603. The van der Waals surface area contributed by atoms with E-state index in [4.69, 9.17) is 0 Å². The molecule has 0 unspecified atom stereocenters. The van der Waals surface area contributed by atoms with Gasteiger partial charge < -0.3 is 10.2 Å². The molecule has 2 aliphatic carbocycles. The molecule has 2 aliphatic rings. The Hall–Kier alpha value is -0.340. The lowest BCUT2D eigenvalue weighted by atomic mass is 9.76. The Labute approximate surface area is 79.3 Å². The number of aliphatic hydroxyl groups is 2. The first-order valence-corrected chi connectivity index (χ1v) is 4.95. The highest BCUT2D eigenvalue weighted by molar-refractivity contribution is 5.23. The maximum absolute atomic E-state index is 10.1. The first kappa shape index (κ1) is 9.22. The van der Waals surface area contributed by atoms with Crippen LogP contribution < -0.4 is 0 Å². The average molecular weight is 182 g/mol. The van der Waals surface area contributed by atoms with Crippen molar-refractivity contribution in [1.82, 2.24) is 0 Å².